The number of aliphatic carboxylic acids is 1. The minimum atomic E-state index is -4.10. The number of rotatable bonds is 6. The summed E-state index contributed by atoms with van der Waals surface area (Å²) in [6, 6.07) is 0.663. The van der Waals surface area contributed by atoms with E-state index in [0.29, 0.717) is 12.1 Å². The van der Waals surface area contributed by atoms with E-state index in [-0.39, 0.29) is 6.42 Å². The molecule has 0 heterocycles. The van der Waals surface area contributed by atoms with Gasteiger partial charge in [-0.3, -0.25) is 9.52 Å². The molecule has 0 unspecified atom stereocenters. The molecule has 1 aromatic rings. The van der Waals surface area contributed by atoms with Gasteiger partial charge in [0.2, 0.25) is 10.0 Å². The zero-order valence-electron chi connectivity index (χ0n) is 9.49. The van der Waals surface area contributed by atoms with Crippen LogP contribution in [-0.2, 0) is 14.8 Å². The summed E-state index contributed by atoms with van der Waals surface area (Å²) in [4.78, 5) is 10.2. The van der Waals surface area contributed by atoms with Gasteiger partial charge in [0.1, 0.15) is 11.5 Å². The summed E-state index contributed by atoms with van der Waals surface area (Å²) >= 11 is 0. The lowest BCUT2D eigenvalue weighted by molar-refractivity contribution is -0.137. The van der Waals surface area contributed by atoms with Crippen molar-refractivity contribution in [3.05, 3.63) is 29.6 Å². The van der Waals surface area contributed by atoms with Crippen LogP contribution in [0, 0.1) is 17.5 Å². The monoisotopic (exact) mass is 297 g/mol. The minimum Gasteiger partial charge on any atom is -0.481 e. The molecule has 0 spiro atoms. The van der Waals surface area contributed by atoms with Gasteiger partial charge in [0.15, 0.2) is 11.6 Å². The molecule has 0 aliphatic heterocycles. The number of carbonyl (C=O) groups is 1. The van der Waals surface area contributed by atoms with Crippen LogP contribution in [0.15, 0.2) is 12.1 Å². The molecule has 0 atom stereocenters. The van der Waals surface area contributed by atoms with Gasteiger partial charge in [-0.25, -0.2) is 21.6 Å². The van der Waals surface area contributed by atoms with Crippen LogP contribution >= 0.6 is 0 Å². The fraction of sp³-hybridized carbons (Fsp3) is 0.300. The van der Waals surface area contributed by atoms with Gasteiger partial charge < -0.3 is 5.11 Å². The highest BCUT2D eigenvalue weighted by Gasteiger charge is 2.18. The van der Waals surface area contributed by atoms with Gasteiger partial charge in [-0.2, -0.15) is 0 Å². The lowest BCUT2D eigenvalue weighted by Gasteiger charge is -2.09. The Morgan fingerprint density at radius 2 is 1.74 bits per heavy atom. The van der Waals surface area contributed by atoms with Crippen molar-refractivity contribution in [1.82, 2.24) is 0 Å². The normalized spacial score (nSPS) is 11.3. The molecule has 1 rings (SSSR count). The highest BCUT2D eigenvalue weighted by atomic mass is 32.2. The van der Waals surface area contributed by atoms with Crippen LogP contribution in [0.3, 0.4) is 0 Å². The predicted molar refractivity (Wildman–Crippen MR) is 60.6 cm³/mol. The summed E-state index contributed by atoms with van der Waals surface area (Å²) in [5.41, 5.74) is -0.989. The van der Waals surface area contributed by atoms with E-state index < -0.39 is 51.3 Å². The van der Waals surface area contributed by atoms with Crippen molar-refractivity contribution in [2.75, 3.05) is 10.5 Å². The number of carboxylic acid groups (broad SMARTS) is 1. The predicted octanol–water partition coefficient (Wildman–Crippen LogP) is 1.71. The van der Waals surface area contributed by atoms with E-state index in [1.165, 1.54) is 0 Å². The maximum Gasteiger partial charge on any atom is 0.303 e. The van der Waals surface area contributed by atoms with E-state index >= 15 is 0 Å². The number of carboxylic acids is 1. The third kappa shape index (κ3) is 4.78. The van der Waals surface area contributed by atoms with E-state index in [2.05, 4.69) is 0 Å². The van der Waals surface area contributed by atoms with E-state index in [1.807, 2.05) is 0 Å². The first-order valence-corrected chi connectivity index (χ1v) is 6.73. The molecule has 0 radical (unpaired) electrons. The zero-order valence-corrected chi connectivity index (χ0v) is 10.3. The number of halogens is 3. The Kier molecular flexibility index (Phi) is 4.76. The van der Waals surface area contributed by atoms with Crippen molar-refractivity contribution in [3.63, 3.8) is 0 Å². The van der Waals surface area contributed by atoms with E-state index in [4.69, 9.17) is 5.11 Å². The minimum absolute atomic E-state index is 0.213. The van der Waals surface area contributed by atoms with Crippen molar-refractivity contribution in [1.29, 1.82) is 0 Å². The van der Waals surface area contributed by atoms with Gasteiger partial charge in [0, 0.05) is 18.6 Å². The van der Waals surface area contributed by atoms with Crippen molar-refractivity contribution in [2.24, 2.45) is 0 Å². The quantitative estimate of drug-likeness (QED) is 0.837. The second-order valence-corrected chi connectivity index (χ2v) is 5.50. The average Bonchev–Trinajstić information content (AvgIpc) is 2.22. The molecule has 0 saturated heterocycles. The molecule has 1 aromatic carbocycles. The third-order valence-electron chi connectivity index (χ3n) is 2.07. The Hall–Kier alpha value is -1.77. The molecular formula is C10H10F3NO4S. The number of hydrogen-bond acceptors (Lipinski definition) is 3. The van der Waals surface area contributed by atoms with Gasteiger partial charge in [0.05, 0.1) is 5.75 Å². The highest BCUT2D eigenvalue weighted by molar-refractivity contribution is 7.92. The number of anilines is 1. The van der Waals surface area contributed by atoms with Crippen LogP contribution in [0.25, 0.3) is 0 Å². The average molecular weight is 297 g/mol. The first-order valence-electron chi connectivity index (χ1n) is 5.08. The van der Waals surface area contributed by atoms with Crippen molar-refractivity contribution < 1.29 is 31.5 Å². The Morgan fingerprint density at radius 3 is 2.21 bits per heavy atom. The SMILES string of the molecule is O=C(O)CCCS(=O)(=O)Nc1c(F)cc(F)cc1F. The van der Waals surface area contributed by atoms with Crippen LogP contribution in [0.4, 0.5) is 18.9 Å². The van der Waals surface area contributed by atoms with Crippen LogP contribution in [-0.4, -0.2) is 25.2 Å². The lowest BCUT2D eigenvalue weighted by atomic mass is 10.3. The smallest absolute Gasteiger partial charge is 0.303 e. The number of benzene rings is 1. The Bertz CT molecular complexity index is 565. The molecule has 0 aliphatic carbocycles. The summed E-state index contributed by atoms with van der Waals surface area (Å²) in [6.07, 6.45) is -0.607. The molecule has 9 heteroatoms. The molecule has 0 fully saturated rings. The molecular weight excluding hydrogens is 287 g/mol. The second kappa shape index (κ2) is 5.91. The number of hydrogen-bond donors (Lipinski definition) is 2. The van der Waals surface area contributed by atoms with Crippen molar-refractivity contribution in [3.8, 4) is 0 Å². The summed E-state index contributed by atoms with van der Waals surface area (Å²) in [5, 5.41) is 8.34. The Labute approximate surface area is 107 Å². The third-order valence-corrected chi connectivity index (χ3v) is 3.41. The fourth-order valence-corrected chi connectivity index (χ4v) is 2.39. The molecule has 0 aromatic heterocycles. The topological polar surface area (TPSA) is 83.5 Å². The number of nitrogens with one attached hydrogen (secondary N) is 1. The van der Waals surface area contributed by atoms with E-state index in [9.17, 15) is 26.4 Å². The Morgan fingerprint density at radius 1 is 1.21 bits per heavy atom. The molecule has 0 aliphatic rings. The van der Waals surface area contributed by atoms with Crippen LogP contribution in [0.5, 0.6) is 0 Å². The van der Waals surface area contributed by atoms with Crippen LogP contribution in [0.2, 0.25) is 0 Å². The summed E-state index contributed by atoms with van der Waals surface area (Å²) in [7, 11) is -4.10. The maximum absolute atomic E-state index is 13.2. The summed E-state index contributed by atoms with van der Waals surface area (Å²) < 4.78 is 63.5. The standard InChI is InChI=1S/C10H10F3NO4S/c11-6-4-7(12)10(8(13)5-6)14-19(17,18)3-1-2-9(15)16/h4-5,14H,1-3H2,(H,15,16). The molecule has 0 bridgehead atoms. The number of sulfonamides is 1. The first kappa shape index (κ1) is 15.3. The zero-order chi connectivity index (χ0) is 14.6. The Balaban J connectivity index is 2.81. The fourth-order valence-electron chi connectivity index (χ4n) is 1.26. The first-order chi connectivity index (χ1) is 8.71. The van der Waals surface area contributed by atoms with Gasteiger partial charge in [-0.05, 0) is 6.42 Å². The van der Waals surface area contributed by atoms with Crippen LogP contribution < -0.4 is 4.72 Å². The second-order valence-electron chi connectivity index (χ2n) is 3.66. The molecule has 0 saturated carbocycles. The molecule has 5 nitrogen and oxygen atoms in total. The molecule has 106 valence electrons. The van der Waals surface area contributed by atoms with E-state index in [1.54, 1.807) is 4.72 Å². The molecule has 0 amide bonds. The summed E-state index contributed by atoms with van der Waals surface area (Å²) in [6.45, 7) is 0. The maximum atomic E-state index is 13.2. The van der Waals surface area contributed by atoms with Gasteiger partial charge in [-0.1, -0.05) is 0 Å². The van der Waals surface area contributed by atoms with Gasteiger partial charge in [-0.15, -0.1) is 0 Å². The summed E-state index contributed by atoms with van der Waals surface area (Å²) in [5.74, 6) is -5.76. The molecule has 19 heavy (non-hydrogen) atoms. The largest absolute Gasteiger partial charge is 0.481 e. The van der Waals surface area contributed by atoms with Gasteiger partial charge >= 0.3 is 5.97 Å². The van der Waals surface area contributed by atoms with Crippen LogP contribution in [0.1, 0.15) is 12.8 Å². The van der Waals surface area contributed by atoms with Crippen molar-refractivity contribution in [2.45, 2.75) is 12.8 Å². The van der Waals surface area contributed by atoms with Gasteiger partial charge in [0.25, 0.3) is 0 Å². The highest BCUT2D eigenvalue weighted by Crippen LogP contribution is 2.21. The van der Waals surface area contributed by atoms with E-state index in [0.717, 1.165) is 0 Å². The van der Waals surface area contributed by atoms with Crippen molar-refractivity contribution >= 4 is 21.7 Å². The molecule has 2 N–H and O–H groups in total. The lowest BCUT2D eigenvalue weighted by Crippen LogP contribution is -2.19.